The average molecular weight is 689 g/mol. The molecule has 4 aromatic carbocycles. The summed E-state index contributed by atoms with van der Waals surface area (Å²) < 4.78 is 5.07. The van der Waals surface area contributed by atoms with Crippen LogP contribution in [0.4, 0.5) is 11.6 Å². The first-order valence-electron chi connectivity index (χ1n) is 14.4. The highest BCUT2D eigenvalue weighted by molar-refractivity contribution is 6.09. The van der Waals surface area contributed by atoms with Crippen LogP contribution in [0.3, 0.4) is 0 Å². The molecule has 0 aliphatic carbocycles. The first kappa shape index (κ1) is 30.2. The van der Waals surface area contributed by atoms with E-state index in [0.717, 1.165) is 39.3 Å². The van der Waals surface area contributed by atoms with Crippen LogP contribution in [0, 0.1) is 0 Å². The van der Waals surface area contributed by atoms with Gasteiger partial charge in [0.2, 0.25) is 0 Å². The predicted molar refractivity (Wildman–Crippen MR) is 166 cm³/mol. The second-order valence-corrected chi connectivity index (χ2v) is 10.6. The Hall–Kier alpha value is -3.30. The van der Waals surface area contributed by atoms with Gasteiger partial charge in [-0.15, -0.1) is 0 Å². The maximum Gasteiger partial charge on any atom is 0.285 e. The highest BCUT2D eigenvalue weighted by atomic mass is 79.9. The molecule has 0 bridgehead atoms. The molecule has 0 fully saturated rings. The molecule has 0 radical (unpaired) electrons. The number of aromatic nitrogens is 2. The Balaban J connectivity index is 0.000000555. The molecule has 8 heteroatoms. The zero-order valence-electron chi connectivity index (χ0n) is 23.6. The van der Waals surface area contributed by atoms with Crippen LogP contribution in [0.15, 0.2) is 97.1 Å². The number of pyridine rings is 2. The van der Waals surface area contributed by atoms with Gasteiger partial charge in [0.15, 0.2) is 0 Å². The molecule has 6 nitrogen and oxygen atoms in total. The molecule has 42 heavy (non-hydrogen) atoms. The van der Waals surface area contributed by atoms with Gasteiger partial charge in [-0.3, -0.25) is 9.80 Å². The summed E-state index contributed by atoms with van der Waals surface area (Å²) >= 11 is 0. The molecule has 4 N–H and O–H groups in total. The standard InChI is InChI=1S/C32H28N4.C2H8N2.2BrH/c1-3-13-27-23(9-1)25-11-5-7-15-29(25)35-21-19-33(31(27)35)17-18-34-20-22-36-30-16-8-6-12-26(30)24-10-2-4-14-28(24)32(34)36;3-1-2-4;;/h1-16H,17-22H2;1-4H2;2*1H/q+2;;;/p-2. The van der Waals surface area contributed by atoms with Gasteiger partial charge < -0.3 is 45.4 Å². The topological polar surface area (TPSA) is 66.3 Å². The molecule has 0 atom stereocenters. The van der Waals surface area contributed by atoms with E-state index in [1.807, 2.05) is 0 Å². The van der Waals surface area contributed by atoms with Gasteiger partial charge in [-0.1, -0.05) is 72.8 Å². The Morgan fingerprint density at radius 1 is 0.476 bits per heavy atom. The Kier molecular flexibility index (Phi) is 9.28. The first-order chi connectivity index (χ1) is 19.8. The highest BCUT2D eigenvalue weighted by Gasteiger charge is 2.36. The van der Waals surface area contributed by atoms with E-state index >= 15 is 0 Å². The molecule has 0 amide bonds. The van der Waals surface area contributed by atoms with Gasteiger partial charge in [0, 0.05) is 34.6 Å². The highest BCUT2D eigenvalue weighted by Crippen LogP contribution is 2.34. The number of fused-ring (bicyclic) bond motifs is 12. The average Bonchev–Trinajstić information content (AvgIpc) is 3.66. The second-order valence-electron chi connectivity index (χ2n) is 10.6. The van der Waals surface area contributed by atoms with Crippen molar-refractivity contribution in [1.29, 1.82) is 0 Å². The molecular formula is C34H36Br2N6. The van der Waals surface area contributed by atoms with E-state index in [1.165, 1.54) is 55.0 Å². The molecule has 8 rings (SSSR count). The molecule has 0 spiro atoms. The SMILES string of the molecule is NCCN.[Br-].[Br-].c1ccc2c(c1)c1[n+](c3ccccc23)CCN1CCN1CC[n+]2c1c1ccccc1c1ccccc12. The summed E-state index contributed by atoms with van der Waals surface area (Å²) in [6.07, 6.45) is 0. The summed E-state index contributed by atoms with van der Waals surface area (Å²) in [4.78, 5) is 5.22. The minimum absolute atomic E-state index is 0. The minimum Gasteiger partial charge on any atom is -1.00 e. The lowest BCUT2D eigenvalue weighted by Crippen LogP contribution is -3.00. The monoisotopic (exact) mass is 686 g/mol. The number of anilines is 2. The van der Waals surface area contributed by atoms with Crippen LogP contribution in [-0.4, -0.2) is 39.3 Å². The van der Waals surface area contributed by atoms with Crippen LogP contribution in [0.25, 0.3) is 43.4 Å². The van der Waals surface area contributed by atoms with Gasteiger partial charge in [-0.05, 0) is 24.3 Å². The molecule has 4 heterocycles. The number of nitrogens with two attached hydrogens (primary N) is 2. The van der Waals surface area contributed by atoms with Gasteiger partial charge >= 0.3 is 0 Å². The van der Waals surface area contributed by atoms with Crippen molar-refractivity contribution in [3.05, 3.63) is 97.1 Å². The minimum atomic E-state index is 0. The first-order valence-corrected chi connectivity index (χ1v) is 14.4. The van der Waals surface area contributed by atoms with Gasteiger partial charge in [0.05, 0.1) is 10.8 Å². The van der Waals surface area contributed by atoms with Crippen molar-refractivity contribution in [2.75, 3.05) is 49.1 Å². The maximum absolute atomic E-state index is 4.90. The van der Waals surface area contributed by atoms with Gasteiger partial charge in [-0.25, -0.2) is 9.13 Å². The third-order valence-corrected chi connectivity index (χ3v) is 8.41. The fourth-order valence-corrected chi connectivity index (χ4v) is 6.68. The summed E-state index contributed by atoms with van der Waals surface area (Å²) in [5, 5.41) is 8.13. The molecule has 0 saturated heterocycles. The molecule has 216 valence electrons. The van der Waals surface area contributed by atoms with Crippen LogP contribution >= 0.6 is 0 Å². The van der Waals surface area contributed by atoms with Crippen molar-refractivity contribution in [3.63, 3.8) is 0 Å². The Morgan fingerprint density at radius 3 is 1.19 bits per heavy atom. The smallest absolute Gasteiger partial charge is 0.285 e. The third-order valence-electron chi connectivity index (χ3n) is 8.41. The molecule has 0 saturated carbocycles. The van der Waals surface area contributed by atoms with Crippen LogP contribution in [-0.2, 0) is 13.1 Å². The summed E-state index contributed by atoms with van der Waals surface area (Å²) in [6, 6.07) is 35.6. The lowest BCUT2D eigenvalue weighted by molar-refractivity contribution is -0.643. The number of benzene rings is 4. The van der Waals surface area contributed by atoms with Crippen molar-refractivity contribution in [2.45, 2.75) is 13.1 Å². The largest absolute Gasteiger partial charge is 1.00 e. The number of para-hydroxylation sites is 2. The normalized spacial score (nSPS) is 13.5. The van der Waals surface area contributed by atoms with Crippen molar-refractivity contribution in [1.82, 2.24) is 0 Å². The van der Waals surface area contributed by atoms with Crippen molar-refractivity contribution >= 4 is 55.0 Å². The van der Waals surface area contributed by atoms with Crippen LogP contribution in [0.2, 0.25) is 0 Å². The quantitative estimate of drug-likeness (QED) is 0.169. The van der Waals surface area contributed by atoms with E-state index in [4.69, 9.17) is 11.5 Å². The van der Waals surface area contributed by atoms with E-state index in [0.29, 0.717) is 13.1 Å². The lowest BCUT2D eigenvalue weighted by Gasteiger charge is -2.17. The zero-order valence-corrected chi connectivity index (χ0v) is 26.8. The Labute approximate surface area is 267 Å². The summed E-state index contributed by atoms with van der Waals surface area (Å²) in [6.45, 7) is 7.43. The van der Waals surface area contributed by atoms with Crippen LogP contribution < -0.4 is 64.4 Å². The van der Waals surface area contributed by atoms with E-state index in [-0.39, 0.29) is 34.0 Å². The Morgan fingerprint density at radius 2 is 0.810 bits per heavy atom. The molecule has 2 aromatic heterocycles. The van der Waals surface area contributed by atoms with E-state index in [2.05, 4.69) is 116 Å². The predicted octanol–water partition coefficient (Wildman–Crippen LogP) is -1.87. The number of hydrogen-bond acceptors (Lipinski definition) is 4. The molecule has 6 aromatic rings. The van der Waals surface area contributed by atoms with Gasteiger partial charge in [-0.2, -0.15) is 0 Å². The molecular weight excluding hydrogens is 652 g/mol. The number of nitrogens with zero attached hydrogens (tertiary/aromatic N) is 4. The lowest BCUT2D eigenvalue weighted by atomic mass is 10.1. The fourth-order valence-electron chi connectivity index (χ4n) is 6.68. The van der Waals surface area contributed by atoms with Crippen molar-refractivity contribution in [2.24, 2.45) is 11.5 Å². The van der Waals surface area contributed by atoms with Gasteiger partial charge in [0.25, 0.3) is 11.6 Å². The second kappa shape index (κ2) is 12.9. The summed E-state index contributed by atoms with van der Waals surface area (Å²) in [5.74, 6) is 2.75. The van der Waals surface area contributed by atoms with Gasteiger partial charge in [0.1, 0.15) is 50.3 Å². The van der Waals surface area contributed by atoms with Crippen molar-refractivity contribution < 1.29 is 43.1 Å². The van der Waals surface area contributed by atoms with Crippen LogP contribution in [0.1, 0.15) is 0 Å². The van der Waals surface area contributed by atoms with Crippen molar-refractivity contribution in [3.8, 4) is 0 Å². The number of halogens is 2. The zero-order chi connectivity index (χ0) is 27.1. The summed E-state index contributed by atoms with van der Waals surface area (Å²) in [5.41, 5.74) is 12.5. The third kappa shape index (κ3) is 5.00. The summed E-state index contributed by atoms with van der Waals surface area (Å²) in [7, 11) is 0. The van der Waals surface area contributed by atoms with E-state index in [9.17, 15) is 0 Å². The maximum atomic E-state index is 4.90. The van der Waals surface area contributed by atoms with E-state index in [1.54, 1.807) is 0 Å². The van der Waals surface area contributed by atoms with E-state index < -0.39 is 0 Å². The molecule has 2 aliphatic rings. The number of hydrogen-bond donors (Lipinski definition) is 2. The number of rotatable bonds is 4. The Bertz CT molecular complexity index is 1740. The van der Waals surface area contributed by atoms with Crippen LogP contribution in [0.5, 0.6) is 0 Å². The molecule has 2 aliphatic heterocycles. The fraction of sp³-hybridized carbons (Fsp3) is 0.235. The molecule has 0 unspecified atom stereocenters.